The second kappa shape index (κ2) is 5.46. The molecule has 0 saturated carbocycles. The van der Waals surface area contributed by atoms with Gasteiger partial charge < -0.3 is 10.6 Å². The summed E-state index contributed by atoms with van der Waals surface area (Å²) in [5, 5.41) is 0. The maximum atomic E-state index is 5.74. The number of rotatable bonds is 5. The van der Waals surface area contributed by atoms with Crippen LogP contribution in [-0.2, 0) is 6.54 Å². The normalized spacial score (nSPS) is 12.1. The van der Waals surface area contributed by atoms with E-state index in [0.29, 0.717) is 0 Å². The van der Waals surface area contributed by atoms with Crippen LogP contribution in [0.1, 0.15) is 25.0 Å². The molecule has 1 rings (SSSR count). The van der Waals surface area contributed by atoms with Gasteiger partial charge in [0.05, 0.1) is 0 Å². The smallest absolute Gasteiger partial charge is 0.0230 e. The molecule has 0 bridgehead atoms. The summed E-state index contributed by atoms with van der Waals surface area (Å²) in [4.78, 5) is 2.33. The van der Waals surface area contributed by atoms with Crippen molar-refractivity contribution in [2.75, 3.05) is 20.1 Å². The fourth-order valence-corrected chi connectivity index (χ4v) is 1.86. The van der Waals surface area contributed by atoms with Crippen LogP contribution in [0.2, 0.25) is 0 Å². The first-order valence-corrected chi connectivity index (χ1v) is 5.87. The van der Waals surface area contributed by atoms with Crippen LogP contribution in [-0.4, -0.2) is 25.0 Å². The van der Waals surface area contributed by atoms with E-state index in [9.17, 15) is 0 Å². The summed E-state index contributed by atoms with van der Waals surface area (Å²) >= 11 is 0. The topological polar surface area (TPSA) is 29.3 Å². The number of hydrogen-bond acceptors (Lipinski definition) is 2. The van der Waals surface area contributed by atoms with E-state index in [0.717, 1.165) is 19.6 Å². The zero-order chi connectivity index (χ0) is 12.2. The Kier molecular flexibility index (Phi) is 4.51. The van der Waals surface area contributed by atoms with Gasteiger partial charge in [-0.25, -0.2) is 0 Å². The van der Waals surface area contributed by atoms with Crippen molar-refractivity contribution in [1.29, 1.82) is 0 Å². The van der Waals surface area contributed by atoms with Crippen molar-refractivity contribution in [2.45, 2.75) is 27.3 Å². The third-order valence-corrected chi connectivity index (χ3v) is 2.82. The minimum atomic E-state index is 0.194. The van der Waals surface area contributed by atoms with Gasteiger partial charge in [-0.3, -0.25) is 0 Å². The largest absolute Gasteiger partial charge is 0.330 e. The molecule has 0 saturated heterocycles. The van der Waals surface area contributed by atoms with Crippen LogP contribution >= 0.6 is 0 Å². The Balaban J connectivity index is 2.51. The number of nitrogens with zero attached hydrogens (tertiary/aromatic N) is 1. The molecule has 16 heavy (non-hydrogen) atoms. The standard InChI is InChI=1S/C14H24N2/c1-12-5-7-13(8-6-12)9-16(4)11-14(2,3)10-15/h5-8H,9-11,15H2,1-4H3. The van der Waals surface area contributed by atoms with Gasteiger partial charge in [-0.1, -0.05) is 43.7 Å². The van der Waals surface area contributed by atoms with Gasteiger partial charge in [-0.05, 0) is 31.5 Å². The van der Waals surface area contributed by atoms with E-state index in [1.165, 1.54) is 11.1 Å². The summed E-state index contributed by atoms with van der Waals surface area (Å²) in [5.74, 6) is 0. The highest BCUT2D eigenvalue weighted by atomic mass is 15.1. The molecule has 1 aromatic rings. The van der Waals surface area contributed by atoms with Crippen LogP contribution in [0.15, 0.2) is 24.3 Å². The minimum Gasteiger partial charge on any atom is -0.330 e. The summed E-state index contributed by atoms with van der Waals surface area (Å²) in [6.07, 6.45) is 0. The molecule has 0 aliphatic heterocycles. The molecule has 0 aromatic heterocycles. The molecular formula is C14H24N2. The molecule has 0 fully saturated rings. The van der Waals surface area contributed by atoms with Crippen molar-refractivity contribution in [3.05, 3.63) is 35.4 Å². The monoisotopic (exact) mass is 220 g/mol. The summed E-state index contributed by atoms with van der Waals surface area (Å²) in [6.45, 7) is 9.27. The van der Waals surface area contributed by atoms with Crippen molar-refractivity contribution in [3.63, 3.8) is 0 Å². The molecule has 2 heteroatoms. The Labute approximate surface area is 99.5 Å². The molecule has 0 atom stereocenters. The fourth-order valence-electron chi connectivity index (χ4n) is 1.86. The molecule has 0 aliphatic carbocycles. The van der Waals surface area contributed by atoms with Crippen molar-refractivity contribution < 1.29 is 0 Å². The quantitative estimate of drug-likeness (QED) is 0.825. The number of nitrogens with two attached hydrogens (primary N) is 1. The molecule has 0 radical (unpaired) electrons. The lowest BCUT2D eigenvalue weighted by molar-refractivity contribution is 0.210. The number of hydrogen-bond donors (Lipinski definition) is 1. The van der Waals surface area contributed by atoms with Crippen LogP contribution < -0.4 is 5.73 Å². The van der Waals surface area contributed by atoms with E-state index >= 15 is 0 Å². The third kappa shape index (κ3) is 4.33. The highest BCUT2D eigenvalue weighted by Gasteiger charge is 2.17. The zero-order valence-electron chi connectivity index (χ0n) is 11.0. The van der Waals surface area contributed by atoms with Crippen LogP contribution in [0.3, 0.4) is 0 Å². The number of benzene rings is 1. The first kappa shape index (κ1) is 13.2. The Hall–Kier alpha value is -0.860. The fraction of sp³-hybridized carbons (Fsp3) is 0.571. The molecule has 0 aliphatic rings. The SMILES string of the molecule is Cc1ccc(CN(C)CC(C)(C)CN)cc1. The molecule has 0 heterocycles. The highest BCUT2D eigenvalue weighted by molar-refractivity contribution is 5.21. The Morgan fingerprint density at radius 1 is 1.19 bits per heavy atom. The van der Waals surface area contributed by atoms with E-state index in [4.69, 9.17) is 5.73 Å². The molecule has 0 amide bonds. The maximum absolute atomic E-state index is 5.74. The number of aryl methyl sites for hydroxylation is 1. The van der Waals surface area contributed by atoms with Gasteiger partial charge in [0.1, 0.15) is 0 Å². The van der Waals surface area contributed by atoms with Crippen LogP contribution in [0.4, 0.5) is 0 Å². The van der Waals surface area contributed by atoms with Crippen molar-refractivity contribution in [3.8, 4) is 0 Å². The predicted octanol–water partition coefficient (Wildman–Crippen LogP) is 2.41. The summed E-state index contributed by atoms with van der Waals surface area (Å²) in [5.41, 5.74) is 8.61. The van der Waals surface area contributed by atoms with Gasteiger partial charge in [0.15, 0.2) is 0 Å². The van der Waals surface area contributed by atoms with Crippen LogP contribution in [0, 0.1) is 12.3 Å². The maximum Gasteiger partial charge on any atom is 0.0230 e. The second-order valence-corrected chi connectivity index (χ2v) is 5.53. The van der Waals surface area contributed by atoms with Gasteiger partial charge in [0.2, 0.25) is 0 Å². The molecule has 90 valence electrons. The van der Waals surface area contributed by atoms with Crippen molar-refractivity contribution in [2.24, 2.45) is 11.1 Å². The summed E-state index contributed by atoms with van der Waals surface area (Å²) in [6, 6.07) is 8.72. The molecular weight excluding hydrogens is 196 g/mol. The van der Waals surface area contributed by atoms with Gasteiger partial charge in [0.25, 0.3) is 0 Å². The van der Waals surface area contributed by atoms with E-state index < -0.39 is 0 Å². The van der Waals surface area contributed by atoms with Crippen LogP contribution in [0.5, 0.6) is 0 Å². The van der Waals surface area contributed by atoms with Gasteiger partial charge in [-0.15, -0.1) is 0 Å². The zero-order valence-corrected chi connectivity index (χ0v) is 11.0. The lowest BCUT2D eigenvalue weighted by Gasteiger charge is -2.29. The summed E-state index contributed by atoms with van der Waals surface area (Å²) < 4.78 is 0. The second-order valence-electron chi connectivity index (χ2n) is 5.53. The first-order chi connectivity index (χ1) is 7.43. The molecule has 0 spiro atoms. The Bertz CT molecular complexity index is 314. The van der Waals surface area contributed by atoms with E-state index in [2.05, 4.69) is 57.0 Å². The first-order valence-electron chi connectivity index (χ1n) is 5.87. The predicted molar refractivity (Wildman–Crippen MR) is 70.3 cm³/mol. The van der Waals surface area contributed by atoms with Crippen LogP contribution in [0.25, 0.3) is 0 Å². The summed E-state index contributed by atoms with van der Waals surface area (Å²) in [7, 11) is 2.15. The molecule has 1 aromatic carbocycles. The lowest BCUT2D eigenvalue weighted by atomic mass is 9.93. The van der Waals surface area contributed by atoms with Gasteiger partial charge in [-0.2, -0.15) is 0 Å². The lowest BCUT2D eigenvalue weighted by Crippen LogP contribution is -2.36. The Morgan fingerprint density at radius 3 is 2.25 bits per heavy atom. The van der Waals surface area contributed by atoms with Gasteiger partial charge >= 0.3 is 0 Å². The van der Waals surface area contributed by atoms with Crippen molar-refractivity contribution >= 4 is 0 Å². The average Bonchev–Trinajstić information content (AvgIpc) is 2.21. The van der Waals surface area contributed by atoms with E-state index in [1.54, 1.807) is 0 Å². The molecule has 0 unspecified atom stereocenters. The van der Waals surface area contributed by atoms with Gasteiger partial charge in [0, 0.05) is 13.1 Å². The highest BCUT2D eigenvalue weighted by Crippen LogP contribution is 2.15. The van der Waals surface area contributed by atoms with E-state index in [-0.39, 0.29) is 5.41 Å². The average molecular weight is 220 g/mol. The van der Waals surface area contributed by atoms with E-state index in [1.807, 2.05) is 0 Å². The molecule has 2 N–H and O–H groups in total. The third-order valence-electron chi connectivity index (χ3n) is 2.82. The Morgan fingerprint density at radius 2 is 1.75 bits per heavy atom. The molecule has 2 nitrogen and oxygen atoms in total. The minimum absolute atomic E-state index is 0.194. The van der Waals surface area contributed by atoms with Crippen molar-refractivity contribution in [1.82, 2.24) is 4.90 Å².